The van der Waals surface area contributed by atoms with Gasteiger partial charge in [-0.25, -0.2) is 0 Å². The lowest BCUT2D eigenvalue weighted by molar-refractivity contribution is -0.137. The van der Waals surface area contributed by atoms with E-state index < -0.39 is 17.6 Å². The Morgan fingerprint density at radius 2 is 1.68 bits per heavy atom. The normalized spacial score (nSPS) is 11.0. The van der Waals surface area contributed by atoms with E-state index in [4.69, 9.17) is 11.6 Å². The van der Waals surface area contributed by atoms with Crippen LogP contribution < -0.4 is 16.0 Å². The maximum Gasteiger partial charge on any atom is 0.416 e. The number of carbonyl (C=O) groups excluding carboxylic acids is 2. The third-order valence-electron chi connectivity index (χ3n) is 3.64. The molecule has 9 heteroatoms. The van der Waals surface area contributed by atoms with Crippen LogP contribution in [0.5, 0.6) is 0 Å². The van der Waals surface area contributed by atoms with Gasteiger partial charge in [-0.05, 0) is 42.8 Å². The van der Waals surface area contributed by atoms with Crippen LogP contribution >= 0.6 is 11.6 Å². The second-order valence-corrected chi connectivity index (χ2v) is 6.38. The van der Waals surface area contributed by atoms with E-state index in [0.29, 0.717) is 29.2 Å². The summed E-state index contributed by atoms with van der Waals surface area (Å²) in [5, 5.41) is 8.25. The van der Waals surface area contributed by atoms with Crippen molar-refractivity contribution in [3.8, 4) is 0 Å². The number of hydrogen-bond donors (Lipinski definition) is 3. The molecule has 28 heavy (non-hydrogen) atoms. The average molecular weight is 414 g/mol. The lowest BCUT2D eigenvalue weighted by atomic mass is 10.2. The number of anilines is 3. The molecule has 0 aliphatic carbocycles. The number of amides is 2. The largest absolute Gasteiger partial charge is 0.416 e. The lowest BCUT2D eigenvalue weighted by Crippen LogP contribution is -2.22. The van der Waals surface area contributed by atoms with Crippen molar-refractivity contribution < 1.29 is 22.8 Å². The van der Waals surface area contributed by atoms with Crippen molar-refractivity contribution in [2.24, 2.45) is 0 Å². The zero-order valence-corrected chi connectivity index (χ0v) is 15.7. The summed E-state index contributed by atoms with van der Waals surface area (Å²) in [6, 6.07) is 9.13. The molecule has 2 aromatic carbocycles. The summed E-state index contributed by atoms with van der Waals surface area (Å²) in [7, 11) is 0. The molecule has 0 heterocycles. The van der Waals surface area contributed by atoms with E-state index in [2.05, 4.69) is 16.0 Å². The Hall–Kier alpha value is -2.74. The number of alkyl halides is 3. The topological polar surface area (TPSA) is 70.2 Å². The first-order chi connectivity index (χ1) is 13.2. The molecular formula is C19H19ClF3N3O2. The first kappa shape index (κ1) is 21.6. The summed E-state index contributed by atoms with van der Waals surface area (Å²) in [5.74, 6) is -0.686. The summed E-state index contributed by atoms with van der Waals surface area (Å²) in [6.45, 7) is 1.67. The van der Waals surface area contributed by atoms with Crippen molar-refractivity contribution >= 4 is 40.5 Å². The summed E-state index contributed by atoms with van der Waals surface area (Å²) in [5.41, 5.74) is 0.115. The molecule has 0 spiro atoms. The monoisotopic (exact) mass is 413 g/mol. The van der Waals surface area contributed by atoms with E-state index in [1.165, 1.54) is 12.1 Å². The van der Waals surface area contributed by atoms with Crippen molar-refractivity contribution in [1.82, 2.24) is 0 Å². The maximum absolute atomic E-state index is 12.7. The highest BCUT2D eigenvalue weighted by Gasteiger charge is 2.30. The van der Waals surface area contributed by atoms with Gasteiger partial charge in [0.1, 0.15) is 0 Å². The molecule has 2 rings (SSSR count). The van der Waals surface area contributed by atoms with Gasteiger partial charge in [0.25, 0.3) is 0 Å². The summed E-state index contributed by atoms with van der Waals surface area (Å²) in [6.07, 6.45) is -3.40. The molecule has 5 nitrogen and oxygen atoms in total. The quantitative estimate of drug-likeness (QED) is 0.588. The highest BCUT2D eigenvalue weighted by Crippen LogP contribution is 2.30. The minimum Gasteiger partial charge on any atom is -0.375 e. The molecule has 0 unspecified atom stereocenters. The van der Waals surface area contributed by atoms with Crippen LogP contribution in [0.1, 0.15) is 25.3 Å². The first-order valence-electron chi connectivity index (χ1n) is 8.49. The Kier molecular flexibility index (Phi) is 7.28. The Balaban J connectivity index is 1.98. The van der Waals surface area contributed by atoms with Crippen LogP contribution in [0.15, 0.2) is 42.5 Å². The van der Waals surface area contributed by atoms with E-state index in [1.54, 1.807) is 18.2 Å². The fourth-order valence-electron chi connectivity index (χ4n) is 2.34. The van der Waals surface area contributed by atoms with Crippen LogP contribution in [0.25, 0.3) is 0 Å². The van der Waals surface area contributed by atoms with Gasteiger partial charge in [-0.1, -0.05) is 24.6 Å². The van der Waals surface area contributed by atoms with Crippen molar-refractivity contribution in [2.45, 2.75) is 25.9 Å². The molecule has 0 aliphatic rings. The van der Waals surface area contributed by atoms with Gasteiger partial charge in [-0.3, -0.25) is 9.59 Å². The highest BCUT2D eigenvalue weighted by atomic mass is 35.5. The fraction of sp³-hybridized carbons (Fsp3) is 0.263. The Labute approximate surface area is 165 Å². The summed E-state index contributed by atoms with van der Waals surface area (Å²) in [4.78, 5) is 23.7. The summed E-state index contributed by atoms with van der Waals surface area (Å²) < 4.78 is 38.2. The third-order valence-corrected chi connectivity index (χ3v) is 3.97. The molecule has 0 atom stereocenters. The van der Waals surface area contributed by atoms with Crippen LogP contribution in [0, 0.1) is 0 Å². The molecule has 2 amide bonds. The molecule has 150 valence electrons. The average Bonchev–Trinajstić information content (AvgIpc) is 2.62. The van der Waals surface area contributed by atoms with Gasteiger partial charge >= 0.3 is 6.18 Å². The van der Waals surface area contributed by atoms with Crippen molar-refractivity contribution in [3.05, 3.63) is 53.1 Å². The molecular weight excluding hydrogens is 395 g/mol. The second kappa shape index (κ2) is 9.45. The predicted molar refractivity (Wildman–Crippen MR) is 104 cm³/mol. The maximum atomic E-state index is 12.7. The Morgan fingerprint density at radius 3 is 2.36 bits per heavy atom. The van der Waals surface area contributed by atoms with E-state index in [9.17, 15) is 22.8 Å². The molecule has 0 saturated carbocycles. The summed E-state index contributed by atoms with van der Waals surface area (Å²) >= 11 is 6.08. The van der Waals surface area contributed by atoms with Crippen LogP contribution in [-0.4, -0.2) is 18.4 Å². The minimum absolute atomic E-state index is 0.0355. The van der Waals surface area contributed by atoms with Gasteiger partial charge in [0.05, 0.1) is 22.8 Å². The Morgan fingerprint density at radius 1 is 1.00 bits per heavy atom. The van der Waals surface area contributed by atoms with Crippen LogP contribution in [0.3, 0.4) is 0 Å². The fourth-order valence-corrected chi connectivity index (χ4v) is 2.53. The SMILES string of the molecule is CCCC(=O)Nc1ccc(Cl)c(NCC(=O)Nc2cccc(C(F)(F)F)c2)c1. The van der Waals surface area contributed by atoms with Crippen molar-refractivity contribution in [2.75, 3.05) is 22.5 Å². The zero-order chi connectivity index (χ0) is 20.7. The highest BCUT2D eigenvalue weighted by molar-refractivity contribution is 6.33. The molecule has 0 radical (unpaired) electrons. The van der Waals surface area contributed by atoms with Gasteiger partial charge < -0.3 is 16.0 Å². The number of nitrogens with one attached hydrogen (secondary N) is 3. The number of halogens is 4. The predicted octanol–water partition coefficient (Wildman–Crippen LogP) is 5.15. The molecule has 0 saturated heterocycles. The molecule has 2 aromatic rings. The molecule has 0 fully saturated rings. The van der Waals surface area contributed by atoms with Gasteiger partial charge in [-0.2, -0.15) is 13.2 Å². The number of rotatable bonds is 7. The molecule has 0 aromatic heterocycles. The van der Waals surface area contributed by atoms with E-state index in [-0.39, 0.29) is 18.1 Å². The third kappa shape index (κ3) is 6.45. The van der Waals surface area contributed by atoms with Crippen LogP contribution in [0.4, 0.5) is 30.2 Å². The van der Waals surface area contributed by atoms with Crippen LogP contribution in [-0.2, 0) is 15.8 Å². The molecule has 0 bridgehead atoms. The number of carbonyl (C=O) groups is 2. The van der Waals surface area contributed by atoms with Gasteiger partial charge in [0.15, 0.2) is 0 Å². The van der Waals surface area contributed by atoms with E-state index in [1.807, 2.05) is 6.92 Å². The Bertz CT molecular complexity index is 857. The van der Waals surface area contributed by atoms with Crippen LogP contribution in [0.2, 0.25) is 5.02 Å². The molecule has 3 N–H and O–H groups in total. The lowest BCUT2D eigenvalue weighted by Gasteiger charge is -2.12. The smallest absolute Gasteiger partial charge is 0.375 e. The second-order valence-electron chi connectivity index (χ2n) is 5.97. The van der Waals surface area contributed by atoms with Gasteiger partial charge in [0.2, 0.25) is 11.8 Å². The number of hydrogen-bond acceptors (Lipinski definition) is 3. The zero-order valence-electron chi connectivity index (χ0n) is 15.0. The van der Waals surface area contributed by atoms with Gasteiger partial charge in [0, 0.05) is 17.8 Å². The number of benzene rings is 2. The van der Waals surface area contributed by atoms with E-state index in [0.717, 1.165) is 12.1 Å². The van der Waals surface area contributed by atoms with Crippen molar-refractivity contribution in [1.29, 1.82) is 0 Å². The van der Waals surface area contributed by atoms with Gasteiger partial charge in [-0.15, -0.1) is 0 Å². The molecule has 0 aliphatic heterocycles. The van der Waals surface area contributed by atoms with Crippen molar-refractivity contribution in [3.63, 3.8) is 0 Å². The van der Waals surface area contributed by atoms with E-state index >= 15 is 0 Å². The standard InChI is InChI=1S/C19H19ClF3N3O2/c1-2-4-17(27)25-14-7-8-15(20)16(10-14)24-11-18(28)26-13-6-3-5-12(9-13)19(21,22)23/h3,5-10,24H,2,4,11H2,1H3,(H,25,27)(H,26,28). The minimum atomic E-state index is -4.49. The first-order valence-corrected chi connectivity index (χ1v) is 8.87.